The van der Waals surface area contributed by atoms with E-state index >= 15 is 0 Å². The molecular formula is C15H30N2O3. The molecule has 1 fully saturated rings. The molecule has 0 saturated heterocycles. The number of nitrogens with one attached hydrogen (secondary N) is 1. The van der Waals surface area contributed by atoms with Crippen LogP contribution in [0.4, 0.5) is 0 Å². The number of hydrogen-bond acceptors (Lipinski definition) is 4. The normalized spacial score (nSPS) is 29.9. The van der Waals surface area contributed by atoms with Gasteiger partial charge in [-0.1, -0.05) is 27.7 Å². The van der Waals surface area contributed by atoms with E-state index in [1.165, 1.54) is 0 Å². The number of methoxy groups -OCH3 is 1. The monoisotopic (exact) mass is 286 g/mol. The minimum Gasteiger partial charge on any atom is -0.379 e. The first-order valence-corrected chi connectivity index (χ1v) is 7.42. The van der Waals surface area contributed by atoms with Crippen LogP contribution in [0.5, 0.6) is 0 Å². The summed E-state index contributed by atoms with van der Waals surface area (Å²) in [6, 6.07) is 0. The molecule has 5 heteroatoms. The maximum absolute atomic E-state index is 12.4. The van der Waals surface area contributed by atoms with Crippen molar-refractivity contribution in [2.45, 2.75) is 58.8 Å². The van der Waals surface area contributed by atoms with Gasteiger partial charge in [0.2, 0.25) is 5.91 Å². The second-order valence-electron chi connectivity index (χ2n) is 6.57. The van der Waals surface area contributed by atoms with Crippen LogP contribution >= 0.6 is 0 Å². The third-order valence-electron chi connectivity index (χ3n) is 4.75. The van der Waals surface area contributed by atoms with Crippen LogP contribution in [0, 0.1) is 11.3 Å². The van der Waals surface area contributed by atoms with E-state index in [0.29, 0.717) is 25.5 Å². The average Bonchev–Trinajstić information content (AvgIpc) is 2.38. The lowest BCUT2D eigenvalue weighted by Gasteiger charge is -2.57. The molecule has 1 rings (SSSR count). The van der Waals surface area contributed by atoms with Gasteiger partial charge in [0.25, 0.3) is 0 Å². The van der Waals surface area contributed by atoms with E-state index in [1.54, 1.807) is 7.11 Å². The van der Waals surface area contributed by atoms with Crippen LogP contribution in [-0.4, -0.2) is 43.9 Å². The zero-order chi connectivity index (χ0) is 15.6. The van der Waals surface area contributed by atoms with Crippen LogP contribution in [0.3, 0.4) is 0 Å². The molecule has 1 aliphatic rings. The number of rotatable bonds is 7. The minimum absolute atomic E-state index is 0.00780. The van der Waals surface area contributed by atoms with Crippen molar-refractivity contribution in [1.29, 1.82) is 0 Å². The Kier molecular flexibility index (Phi) is 5.58. The molecule has 0 aromatic rings. The Balaban J connectivity index is 2.60. The summed E-state index contributed by atoms with van der Waals surface area (Å²) < 4.78 is 11.0. The fraction of sp³-hybridized carbons (Fsp3) is 0.933. The lowest BCUT2D eigenvalue weighted by atomic mass is 9.54. The molecule has 1 aliphatic carbocycles. The molecule has 5 nitrogen and oxygen atoms in total. The molecule has 1 amide bonds. The fourth-order valence-electron chi connectivity index (χ4n) is 2.76. The van der Waals surface area contributed by atoms with Gasteiger partial charge in [0.15, 0.2) is 0 Å². The van der Waals surface area contributed by atoms with Gasteiger partial charge in [-0.2, -0.15) is 0 Å². The molecule has 3 atom stereocenters. The van der Waals surface area contributed by atoms with Crippen LogP contribution in [0.1, 0.15) is 41.0 Å². The zero-order valence-electron chi connectivity index (χ0n) is 13.7. The van der Waals surface area contributed by atoms with Gasteiger partial charge in [-0.15, -0.1) is 0 Å². The van der Waals surface area contributed by atoms with Gasteiger partial charge in [-0.3, -0.25) is 4.79 Å². The van der Waals surface area contributed by atoms with E-state index < -0.39 is 5.54 Å². The Hall–Kier alpha value is -0.650. The van der Waals surface area contributed by atoms with Gasteiger partial charge in [0, 0.05) is 32.1 Å². The molecule has 0 aromatic carbocycles. The highest BCUT2D eigenvalue weighted by Crippen LogP contribution is 2.49. The lowest BCUT2D eigenvalue weighted by molar-refractivity contribution is -0.171. The third-order valence-corrected chi connectivity index (χ3v) is 4.75. The lowest BCUT2D eigenvalue weighted by Crippen LogP contribution is -2.76. The number of nitrogens with two attached hydrogens (primary N) is 1. The second-order valence-corrected chi connectivity index (χ2v) is 6.57. The number of ether oxygens (including phenoxy) is 2. The largest absolute Gasteiger partial charge is 0.379 e. The van der Waals surface area contributed by atoms with E-state index in [2.05, 4.69) is 19.2 Å². The molecule has 3 N–H and O–H groups in total. The van der Waals surface area contributed by atoms with Crippen LogP contribution in [0.25, 0.3) is 0 Å². The molecule has 1 saturated carbocycles. The highest BCUT2D eigenvalue weighted by Gasteiger charge is 2.62. The van der Waals surface area contributed by atoms with E-state index in [0.717, 1.165) is 0 Å². The number of hydrogen-bond donors (Lipinski definition) is 2. The standard InChI is InChI=1S/C15H30N2O3/c1-7-20-12-8-15(16,14(12,4)5)13(18)17-9-11(19-6)10(2)3/h10-12H,7-9,16H2,1-6H3,(H,17,18). The van der Waals surface area contributed by atoms with Gasteiger partial charge in [0.05, 0.1) is 12.2 Å². The molecule has 0 heterocycles. The summed E-state index contributed by atoms with van der Waals surface area (Å²) in [7, 11) is 1.66. The van der Waals surface area contributed by atoms with Crippen LogP contribution in [0.15, 0.2) is 0 Å². The summed E-state index contributed by atoms with van der Waals surface area (Å²) in [5, 5.41) is 2.93. The number of carbonyl (C=O) groups is 1. The predicted octanol–water partition coefficient (Wildman–Crippen LogP) is 1.31. The average molecular weight is 286 g/mol. The molecule has 0 spiro atoms. The molecule has 0 aromatic heterocycles. The SMILES string of the molecule is CCOC1CC(N)(C(=O)NCC(OC)C(C)C)C1(C)C. The Morgan fingerprint density at radius 3 is 2.45 bits per heavy atom. The highest BCUT2D eigenvalue weighted by molar-refractivity contribution is 5.88. The quantitative estimate of drug-likeness (QED) is 0.740. The van der Waals surface area contributed by atoms with Crippen molar-refractivity contribution < 1.29 is 14.3 Å². The smallest absolute Gasteiger partial charge is 0.240 e. The summed E-state index contributed by atoms with van der Waals surface area (Å²) in [6.45, 7) is 11.2. The van der Waals surface area contributed by atoms with Crippen molar-refractivity contribution >= 4 is 5.91 Å². The first-order valence-electron chi connectivity index (χ1n) is 7.42. The van der Waals surface area contributed by atoms with Crippen molar-refractivity contribution in [2.24, 2.45) is 17.1 Å². The minimum atomic E-state index is -0.859. The summed E-state index contributed by atoms with van der Waals surface area (Å²) in [5.74, 6) is 0.237. The van der Waals surface area contributed by atoms with Crippen molar-refractivity contribution in [3.05, 3.63) is 0 Å². The molecule has 3 unspecified atom stereocenters. The summed E-state index contributed by atoms with van der Waals surface area (Å²) in [4.78, 5) is 12.4. The Bertz CT molecular complexity index is 344. The first kappa shape index (κ1) is 17.4. The molecular weight excluding hydrogens is 256 g/mol. The Morgan fingerprint density at radius 1 is 1.45 bits per heavy atom. The van der Waals surface area contributed by atoms with E-state index in [9.17, 15) is 4.79 Å². The maximum atomic E-state index is 12.4. The highest BCUT2D eigenvalue weighted by atomic mass is 16.5. The Morgan fingerprint density at radius 2 is 2.05 bits per heavy atom. The molecule has 20 heavy (non-hydrogen) atoms. The summed E-state index contributed by atoms with van der Waals surface area (Å²) in [6.07, 6.45) is 0.624. The van der Waals surface area contributed by atoms with Crippen LogP contribution in [-0.2, 0) is 14.3 Å². The maximum Gasteiger partial charge on any atom is 0.240 e. The first-order chi connectivity index (χ1) is 9.20. The van der Waals surface area contributed by atoms with Gasteiger partial charge in [0.1, 0.15) is 5.54 Å². The molecule has 0 bridgehead atoms. The zero-order valence-corrected chi connectivity index (χ0v) is 13.7. The van der Waals surface area contributed by atoms with Crippen molar-refractivity contribution in [1.82, 2.24) is 5.32 Å². The van der Waals surface area contributed by atoms with Crippen molar-refractivity contribution in [2.75, 3.05) is 20.3 Å². The number of amides is 1. The van der Waals surface area contributed by atoms with E-state index in [-0.39, 0.29) is 23.5 Å². The van der Waals surface area contributed by atoms with Crippen LogP contribution in [0.2, 0.25) is 0 Å². The van der Waals surface area contributed by atoms with Crippen molar-refractivity contribution in [3.8, 4) is 0 Å². The predicted molar refractivity (Wildman–Crippen MR) is 79.4 cm³/mol. The molecule has 0 radical (unpaired) electrons. The topological polar surface area (TPSA) is 73.6 Å². The Labute approximate surface area is 122 Å². The fourth-order valence-corrected chi connectivity index (χ4v) is 2.76. The van der Waals surface area contributed by atoms with E-state index in [4.69, 9.17) is 15.2 Å². The second kappa shape index (κ2) is 6.41. The summed E-state index contributed by atoms with van der Waals surface area (Å²) in [5.41, 5.74) is 5.10. The van der Waals surface area contributed by atoms with Gasteiger partial charge < -0.3 is 20.5 Å². The van der Waals surface area contributed by atoms with Crippen LogP contribution < -0.4 is 11.1 Å². The van der Waals surface area contributed by atoms with Gasteiger partial charge in [-0.25, -0.2) is 0 Å². The van der Waals surface area contributed by atoms with Gasteiger partial charge in [-0.05, 0) is 12.8 Å². The third kappa shape index (κ3) is 3.00. The molecule has 118 valence electrons. The van der Waals surface area contributed by atoms with Crippen molar-refractivity contribution in [3.63, 3.8) is 0 Å². The molecule has 0 aliphatic heterocycles. The van der Waals surface area contributed by atoms with Gasteiger partial charge >= 0.3 is 0 Å². The summed E-state index contributed by atoms with van der Waals surface area (Å²) >= 11 is 0. The van der Waals surface area contributed by atoms with E-state index in [1.807, 2.05) is 20.8 Å². The number of carbonyl (C=O) groups excluding carboxylic acids is 1.